The Bertz CT molecular complexity index is 452. The van der Waals surface area contributed by atoms with Crippen LogP contribution in [0.25, 0.3) is 0 Å². The summed E-state index contributed by atoms with van der Waals surface area (Å²) in [6.45, 7) is 4.84. The molecule has 0 saturated heterocycles. The molecule has 1 unspecified atom stereocenters. The Morgan fingerprint density at radius 1 is 1.33 bits per heavy atom. The molecule has 0 bridgehead atoms. The third-order valence-electron chi connectivity index (χ3n) is 4.22. The van der Waals surface area contributed by atoms with Gasteiger partial charge in [0.15, 0.2) is 0 Å². The van der Waals surface area contributed by atoms with E-state index in [9.17, 15) is 5.11 Å². The normalized spacial score (nSPS) is 27.2. The zero-order chi connectivity index (χ0) is 12.8. The third kappa shape index (κ3) is 1.91. The van der Waals surface area contributed by atoms with Gasteiger partial charge in [-0.3, -0.25) is 0 Å². The lowest BCUT2D eigenvalue weighted by atomic mass is 9.80. The van der Waals surface area contributed by atoms with Crippen molar-refractivity contribution in [2.75, 3.05) is 6.54 Å². The lowest BCUT2D eigenvalue weighted by Gasteiger charge is -2.39. The summed E-state index contributed by atoms with van der Waals surface area (Å²) in [6.07, 6.45) is 2.96. The summed E-state index contributed by atoms with van der Waals surface area (Å²) >= 11 is 0. The van der Waals surface area contributed by atoms with Gasteiger partial charge in [-0.15, -0.1) is 0 Å². The van der Waals surface area contributed by atoms with Crippen LogP contribution in [0.3, 0.4) is 0 Å². The largest absolute Gasteiger partial charge is 0.486 e. The Balaban J connectivity index is 1.77. The van der Waals surface area contributed by atoms with E-state index in [0.717, 1.165) is 25.0 Å². The predicted molar refractivity (Wildman–Crippen MR) is 70.7 cm³/mol. The Labute approximate surface area is 108 Å². The number of para-hydroxylation sites is 1. The molecule has 2 N–H and O–H groups in total. The smallest absolute Gasteiger partial charge is 0.125 e. The third-order valence-corrected chi connectivity index (χ3v) is 4.22. The van der Waals surface area contributed by atoms with E-state index in [1.54, 1.807) is 0 Å². The van der Waals surface area contributed by atoms with E-state index >= 15 is 0 Å². The molecule has 3 rings (SSSR count). The van der Waals surface area contributed by atoms with Crippen LogP contribution in [0.4, 0.5) is 0 Å². The van der Waals surface area contributed by atoms with Gasteiger partial charge < -0.3 is 15.2 Å². The average molecular weight is 247 g/mol. The first-order chi connectivity index (χ1) is 8.50. The standard InChI is InChI=1S/C15H21NO2/c1-14(2)13(16-10-15(17)8-5-9-15)11-6-3-4-7-12(11)18-14/h3-4,6-7,13,16-17H,5,8-10H2,1-2H3. The van der Waals surface area contributed by atoms with Gasteiger partial charge in [0.05, 0.1) is 11.6 Å². The van der Waals surface area contributed by atoms with Gasteiger partial charge in [-0.25, -0.2) is 0 Å². The van der Waals surface area contributed by atoms with Gasteiger partial charge in [0.25, 0.3) is 0 Å². The highest BCUT2D eigenvalue weighted by Crippen LogP contribution is 2.43. The minimum Gasteiger partial charge on any atom is -0.486 e. The molecule has 1 aromatic rings. The van der Waals surface area contributed by atoms with E-state index in [1.807, 2.05) is 18.2 Å². The average Bonchev–Trinajstić information content (AvgIpc) is 2.54. The number of benzene rings is 1. The Kier molecular flexibility index (Phi) is 2.65. The first-order valence-corrected chi connectivity index (χ1v) is 6.74. The van der Waals surface area contributed by atoms with Crippen molar-refractivity contribution in [3.8, 4) is 5.75 Å². The lowest BCUT2D eigenvalue weighted by Crippen LogP contribution is -2.50. The van der Waals surface area contributed by atoms with Crippen molar-refractivity contribution < 1.29 is 9.84 Å². The van der Waals surface area contributed by atoms with Crippen LogP contribution in [0.1, 0.15) is 44.7 Å². The molecular weight excluding hydrogens is 226 g/mol. The minimum atomic E-state index is -0.492. The van der Waals surface area contributed by atoms with Crippen LogP contribution in [0.15, 0.2) is 24.3 Å². The molecule has 98 valence electrons. The summed E-state index contributed by atoms with van der Waals surface area (Å²) in [5.74, 6) is 0.959. The van der Waals surface area contributed by atoms with Gasteiger partial charge in [0, 0.05) is 12.1 Å². The molecule has 18 heavy (non-hydrogen) atoms. The van der Waals surface area contributed by atoms with Crippen LogP contribution in [0, 0.1) is 0 Å². The number of hydrogen-bond acceptors (Lipinski definition) is 3. The minimum absolute atomic E-state index is 0.151. The quantitative estimate of drug-likeness (QED) is 0.862. The highest BCUT2D eigenvalue weighted by atomic mass is 16.5. The van der Waals surface area contributed by atoms with Gasteiger partial charge in [-0.1, -0.05) is 18.2 Å². The summed E-state index contributed by atoms with van der Waals surface area (Å²) < 4.78 is 5.98. The Hall–Kier alpha value is -1.06. The molecule has 3 heteroatoms. The van der Waals surface area contributed by atoms with Crippen molar-refractivity contribution in [2.45, 2.75) is 50.4 Å². The topological polar surface area (TPSA) is 41.5 Å². The van der Waals surface area contributed by atoms with Gasteiger partial charge in [-0.2, -0.15) is 0 Å². The molecular formula is C15H21NO2. The second-order valence-corrected chi connectivity index (χ2v) is 6.14. The first kappa shape index (κ1) is 12.0. The van der Waals surface area contributed by atoms with E-state index in [2.05, 4.69) is 25.2 Å². The molecule has 2 aliphatic rings. The van der Waals surface area contributed by atoms with E-state index in [-0.39, 0.29) is 11.6 Å². The maximum absolute atomic E-state index is 10.2. The fourth-order valence-corrected chi connectivity index (χ4v) is 2.94. The van der Waals surface area contributed by atoms with Gasteiger partial charge in [0.2, 0.25) is 0 Å². The number of rotatable bonds is 3. The molecule has 0 amide bonds. The van der Waals surface area contributed by atoms with Crippen LogP contribution >= 0.6 is 0 Å². The summed E-state index contributed by atoms with van der Waals surface area (Å²) in [6, 6.07) is 8.30. The monoisotopic (exact) mass is 247 g/mol. The van der Waals surface area contributed by atoms with Crippen LogP contribution < -0.4 is 10.1 Å². The zero-order valence-corrected chi connectivity index (χ0v) is 11.1. The van der Waals surface area contributed by atoms with Gasteiger partial charge in [0.1, 0.15) is 11.4 Å². The zero-order valence-electron chi connectivity index (χ0n) is 11.1. The van der Waals surface area contributed by atoms with Gasteiger partial charge in [-0.05, 0) is 39.2 Å². The van der Waals surface area contributed by atoms with Crippen molar-refractivity contribution >= 4 is 0 Å². The molecule has 0 aromatic heterocycles. The highest BCUT2D eigenvalue weighted by molar-refractivity contribution is 5.42. The highest BCUT2D eigenvalue weighted by Gasteiger charge is 2.43. The van der Waals surface area contributed by atoms with E-state index < -0.39 is 5.60 Å². The molecule has 1 aliphatic heterocycles. The maximum atomic E-state index is 10.2. The van der Waals surface area contributed by atoms with E-state index in [1.165, 1.54) is 5.56 Å². The van der Waals surface area contributed by atoms with Crippen molar-refractivity contribution in [1.29, 1.82) is 0 Å². The van der Waals surface area contributed by atoms with E-state index in [4.69, 9.17) is 4.74 Å². The van der Waals surface area contributed by atoms with E-state index in [0.29, 0.717) is 6.54 Å². The molecule has 1 fully saturated rings. The van der Waals surface area contributed by atoms with Crippen LogP contribution in [-0.4, -0.2) is 22.9 Å². The van der Waals surface area contributed by atoms with Crippen molar-refractivity contribution in [3.05, 3.63) is 29.8 Å². The van der Waals surface area contributed by atoms with Crippen molar-refractivity contribution in [2.24, 2.45) is 0 Å². The molecule has 1 aromatic carbocycles. The number of nitrogens with one attached hydrogen (secondary N) is 1. The first-order valence-electron chi connectivity index (χ1n) is 6.74. The van der Waals surface area contributed by atoms with Gasteiger partial charge >= 0.3 is 0 Å². The summed E-state index contributed by atoms with van der Waals surface area (Å²) in [5, 5.41) is 13.7. The summed E-state index contributed by atoms with van der Waals surface area (Å²) in [4.78, 5) is 0. The molecule has 1 aliphatic carbocycles. The molecule has 1 atom stereocenters. The lowest BCUT2D eigenvalue weighted by molar-refractivity contribution is -0.0379. The number of aliphatic hydroxyl groups is 1. The molecule has 0 spiro atoms. The SMILES string of the molecule is CC1(C)Oc2ccccc2C1NCC1(O)CCC1. The van der Waals surface area contributed by atoms with Crippen LogP contribution in [0.2, 0.25) is 0 Å². The number of fused-ring (bicyclic) bond motifs is 1. The summed E-state index contributed by atoms with van der Waals surface area (Å²) in [7, 11) is 0. The fraction of sp³-hybridized carbons (Fsp3) is 0.600. The number of ether oxygens (including phenoxy) is 1. The Morgan fingerprint density at radius 3 is 2.72 bits per heavy atom. The Morgan fingerprint density at radius 2 is 2.06 bits per heavy atom. The second-order valence-electron chi connectivity index (χ2n) is 6.14. The molecule has 3 nitrogen and oxygen atoms in total. The van der Waals surface area contributed by atoms with Crippen LogP contribution in [-0.2, 0) is 0 Å². The fourth-order valence-electron chi connectivity index (χ4n) is 2.94. The van der Waals surface area contributed by atoms with Crippen molar-refractivity contribution in [1.82, 2.24) is 5.32 Å². The van der Waals surface area contributed by atoms with Crippen LogP contribution in [0.5, 0.6) is 5.75 Å². The molecule has 0 radical (unpaired) electrons. The summed E-state index contributed by atoms with van der Waals surface area (Å²) in [5.41, 5.74) is 0.447. The van der Waals surface area contributed by atoms with Crippen molar-refractivity contribution in [3.63, 3.8) is 0 Å². The number of hydrogen-bond donors (Lipinski definition) is 2. The predicted octanol–water partition coefficient (Wildman–Crippen LogP) is 2.40. The molecule has 1 heterocycles. The molecule has 1 saturated carbocycles. The second kappa shape index (κ2) is 3.97. The maximum Gasteiger partial charge on any atom is 0.125 e.